The molecule has 0 saturated carbocycles. The number of aryl methyl sites for hydroxylation is 1. The van der Waals surface area contributed by atoms with Crippen LogP contribution in [0.2, 0.25) is 0 Å². The Bertz CT molecular complexity index is 692. The number of hydrogen-bond acceptors (Lipinski definition) is 6. The van der Waals surface area contributed by atoms with Gasteiger partial charge in [0.15, 0.2) is 0 Å². The zero-order valence-corrected chi connectivity index (χ0v) is 14.1. The number of fused-ring (bicyclic) bond motifs is 1. The number of ether oxygens (including phenoxy) is 1. The molecule has 1 saturated heterocycles. The van der Waals surface area contributed by atoms with Crippen LogP contribution in [0.4, 0.5) is 5.82 Å². The molecule has 0 aliphatic carbocycles. The third-order valence-corrected chi connectivity index (χ3v) is 4.86. The summed E-state index contributed by atoms with van der Waals surface area (Å²) in [4.78, 5) is 11.0. The summed E-state index contributed by atoms with van der Waals surface area (Å²) in [5.41, 5.74) is 3.56. The molecular formula is C17H24N6O. The second kappa shape index (κ2) is 6.86. The predicted molar refractivity (Wildman–Crippen MR) is 90.6 cm³/mol. The molecule has 2 aliphatic heterocycles. The van der Waals surface area contributed by atoms with E-state index in [2.05, 4.69) is 30.0 Å². The number of hydrogen-bond donors (Lipinski definition) is 1. The lowest BCUT2D eigenvalue weighted by atomic mass is 10.0. The summed E-state index contributed by atoms with van der Waals surface area (Å²) >= 11 is 0. The molecule has 0 aromatic carbocycles. The molecule has 2 aromatic rings. The third kappa shape index (κ3) is 3.42. The average molecular weight is 328 g/mol. The summed E-state index contributed by atoms with van der Waals surface area (Å²) < 4.78 is 7.66. The molecular weight excluding hydrogens is 304 g/mol. The molecule has 0 radical (unpaired) electrons. The zero-order chi connectivity index (χ0) is 16.4. The van der Waals surface area contributed by atoms with Crippen LogP contribution in [0.25, 0.3) is 0 Å². The molecule has 7 heteroatoms. The van der Waals surface area contributed by atoms with Crippen molar-refractivity contribution in [2.45, 2.75) is 45.5 Å². The quantitative estimate of drug-likeness (QED) is 0.919. The zero-order valence-electron chi connectivity index (χ0n) is 14.1. The van der Waals surface area contributed by atoms with Crippen LogP contribution in [0.1, 0.15) is 29.8 Å². The SMILES string of the molecule is Cc1cc(NC2CCN(Cc3cnn4c3COCC4)CC2)ncn1. The van der Waals surface area contributed by atoms with E-state index in [-0.39, 0.29) is 0 Å². The van der Waals surface area contributed by atoms with Gasteiger partial charge in [0.2, 0.25) is 0 Å². The van der Waals surface area contributed by atoms with Gasteiger partial charge in [-0.2, -0.15) is 5.10 Å². The number of anilines is 1. The Morgan fingerprint density at radius 1 is 1.25 bits per heavy atom. The van der Waals surface area contributed by atoms with Gasteiger partial charge in [-0.25, -0.2) is 9.97 Å². The Hall–Kier alpha value is -1.99. The van der Waals surface area contributed by atoms with Crippen molar-refractivity contribution in [3.05, 3.63) is 35.5 Å². The Morgan fingerprint density at radius 3 is 2.96 bits per heavy atom. The lowest BCUT2D eigenvalue weighted by Crippen LogP contribution is -2.39. The fourth-order valence-corrected chi connectivity index (χ4v) is 3.48. The summed E-state index contributed by atoms with van der Waals surface area (Å²) in [6.45, 7) is 7.48. The molecule has 128 valence electrons. The first-order valence-corrected chi connectivity index (χ1v) is 8.67. The molecule has 0 amide bonds. The largest absolute Gasteiger partial charge is 0.373 e. The fraction of sp³-hybridized carbons (Fsp3) is 0.588. The van der Waals surface area contributed by atoms with Gasteiger partial charge in [0, 0.05) is 43.0 Å². The van der Waals surface area contributed by atoms with Crippen LogP contribution in [0, 0.1) is 6.92 Å². The summed E-state index contributed by atoms with van der Waals surface area (Å²) in [7, 11) is 0. The van der Waals surface area contributed by atoms with Crippen LogP contribution in [-0.4, -0.2) is 50.4 Å². The van der Waals surface area contributed by atoms with Gasteiger partial charge in [0.05, 0.1) is 31.6 Å². The molecule has 24 heavy (non-hydrogen) atoms. The summed E-state index contributed by atoms with van der Waals surface area (Å²) in [6, 6.07) is 2.49. The number of nitrogens with one attached hydrogen (secondary N) is 1. The maximum atomic E-state index is 5.58. The second-order valence-electron chi connectivity index (χ2n) is 6.63. The van der Waals surface area contributed by atoms with Crippen LogP contribution in [0.15, 0.2) is 18.6 Å². The Balaban J connectivity index is 1.31. The van der Waals surface area contributed by atoms with Gasteiger partial charge < -0.3 is 10.1 Å². The summed E-state index contributed by atoms with van der Waals surface area (Å²) in [5, 5.41) is 8.02. The topological polar surface area (TPSA) is 68.1 Å². The molecule has 4 heterocycles. The molecule has 1 fully saturated rings. The van der Waals surface area contributed by atoms with E-state index < -0.39 is 0 Å². The van der Waals surface area contributed by atoms with Crippen molar-refractivity contribution in [2.75, 3.05) is 25.0 Å². The summed E-state index contributed by atoms with van der Waals surface area (Å²) in [6.07, 6.45) is 5.89. The first kappa shape index (κ1) is 15.5. The number of likely N-dealkylation sites (tertiary alicyclic amines) is 1. The third-order valence-electron chi connectivity index (χ3n) is 4.86. The molecule has 0 spiro atoms. The first-order chi connectivity index (χ1) is 11.8. The van der Waals surface area contributed by atoms with Crippen LogP contribution in [0.5, 0.6) is 0 Å². The van der Waals surface area contributed by atoms with Gasteiger partial charge in [-0.15, -0.1) is 0 Å². The van der Waals surface area contributed by atoms with Gasteiger partial charge in [0.25, 0.3) is 0 Å². The van der Waals surface area contributed by atoms with Gasteiger partial charge in [-0.05, 0) is 19.8 Å². The molecule has 1 N–H and O–H groups in total. The maximum Gasteiger partial charge on any atom is 0.129 e. The fourth-order valence-electron chi connectivity index (χ4n) is 3.48. The number of nitrogens with zero attached hydrogens (tertiary/aromatic N) is 5. The normalized spacial score (nSPS) is 19.2. The van der Waals surface area contributed by atoms with Crippen molar-refractivity contribution < 1.29 is 4.74 Å². The monoisotopic (exact) mass is 328 g/mol. The summed E-state index contributed by atoms with van der Waals surface area (Å²) in [5.74, 6) is 0.934. The highest BCUT2D eigenvalue weighted by Gasteiger charge is 2.22. The minimum atomic E-state index is 0.486. The van der Waals surface area contributed by atoms with Gasteiger partial charge in [0.1, 0.15) is 12.1 Å². The second-order valence-corrected chi connectivity index (χ2v) is 6.63. The Kier molecular flexibility index (Phi) is 4.44. The maximum absolute atomic E-state index is 5.58. The molecule has 4 rings (SSSR count). The molecule has 0 atom stereocenters. The van der Waals surface area contributed by atoms with Crippen molar-refractivity contribution >= 4 is 5.82 Å². The van der Waals surface area contributed by atoms with Gasteiger partial charge >= 0.3 is 0 Å². The molecule has 7 nitrogen and oxygen atoms in total. The molecule has 2 aliphatic rings. The van der Waals surface area contributed by atoms with E-state index in [0.717, 1.165) is 57.1 Å². The smallest absolute Gasteiger partial charge is 0.129 e. The minimum Gasteiger partial charge on any atom is -0.373 e. The lowest BCUT2D eigenvalue weighted by Gasteiger charge is -2.32. The highest BCUT2D eigenvalue weighted by Crippen LogP contribution is 2.20. The lowest BCUT2D eigenvalue weighted by molar-refractivity contribution is 0.0785. The van der Waals surface area contributed by atoms with E-state index in [1.807, 2.05) is 19.2 Å². The van der Waals surface area contributed by atoms with Crippen LogP contribution < -0.4 is 5.32 Å². The molecule has 0 unspecified atom stereocenters. The highest BCUT2D eigenvalue weighted by molar-refractivity contribution is 5.35. The van der Waals surface area contributed by atoms with Crippen molar-refractivity contribution in [3.8, 4) is 0 Å². The van der Waals surface area contributed by atoms with E-state index in [0.29, 0.717) is 12.6 Å². The van der Waals surface area contributed by atoms with E-state index in [1.165, 1.54) is 11.3 Å². The predicted octanol–water partition coefficient (Wildman–Crippen LogP) is 1.59. The van der Waals surface area contributed by atoms with Gasteiger partial charge in [-0.1, -0.05) is 0 Å². The van der Waals surface area contributed by atoms with Crippen LogP contribution in [0.3, 0.4) is 0 Å². The Labute approximate surface area is 142 Å². The van der Waals surface area contributed by atoms with Crippen molar-refractivity contribution in [2.24, 2.45) is 0 Å². The Morgan fingerprint density at radius 2 is 2.12 bits per heavy atom. The number of piperidine rings is 1. The highest BCUT2D eigenvalue weighted by atomic mass is 16.5. The standard InChI is InChI=1S/C17H24N6O/c1-13-8-17(19-12-18-13)21-15-2-4-22(5-3-15)10-14-9-20-23-6-7-24-11-16(14)23/h8-9,12,15H,2-7,10-11H2,1H3,(H,18,19,21). The van der Waals surface area contributed by atoms with Gasteiger partial charge in [-0.3, -0.25) is 9.58 Å². The van der Waals surface area contributed by atoms with E-state index >= 15 is 0 Å². The van der Waals surface area contributed by atoms with Crippen molar-refractivity contribution in [1.82, 2.24) is 24.6 Å². The van der Waals surface area contributed by atoms with Crippen LogP contribution >= 0.6 is 0 Å². The average Bonchev–Trinajstić information content (AvgIpc) is 3.00. The van der Waals surface area contributed by atoms with Crippen molar-refractivity contribution in [3.63, 3.8) is 0 Å². The minimum absolute atomic E-state index is 0.486. The van der Waals surface area contributed by atoms with E-state index in [4.69, 9.17) is 4.74 Å². The molecule has 2 aromatic heterocycles. The van der Waals surface area contributed by atoms with Crippen LogP contribution in [-0.2, 0) is 24.4 Å². The van der Waals surface area contributed by atoms with E-state index in [9.17, 15) is 0 Å². The molecule has 0 bridgehead atoms. The number of rotatable bonds is 4. The first-order valence-electron chi connectivity index (χ1n) is 8.67. The number of aromatic nitrogens is 4. The van der Waals surface area contributed by atoms with E-state index in [1.54, 1.807) is 6.33 Å². The van der Waals surface area contributed by atoms with Crippen molar-refractivity contribution in [1.29, 1.82) is 0 Å².